The normalized spacial score (nSPS) is 13.3. The summed E-state index contributed by atoms with van der Waals surface area (Å²) in [4.78, 5) is 0. The highest BCUT2D eigenvalue weighted by atomic mass is 32.2. The van der Waals surface area contributed by atoms with E-state index in [0.29, 0.717) is 5.69 Å². The molecule has 0 spiro atoms. The molecule has 0 heterocycles. The molecular weight excluding hydrogens is 290 g/mol. The maximum absolute atomic E-state index is 12.4. The molecule has 0 atom stereocenters. The van der Waals surface area contributed by atoms with E-state index in [1.54, 1.807) is 26.0 Å². The van der Waals surface area contributed by atoms with Crippen molar-refractivity contribution in [3.8, 4) is 0 Å². The van der Waals surface area contributed by atoms with Crippen molar-refractivity contribution >= 4 is 15.8 Å². The van der Waals surface area contributed by atoms with Gasteiger partial charge in [-0.15, -0.1) is 0 Å². The standard InChI is InChI=1S/C15H24NO4S/c1-14(2,3)12-6-8-13(9-7-12)16(17)15(4,5)10-11-21(18,19)20/h6-9H,10-11H2,1-5H3,(H,18,19,20). The van der Waals surface area contributed by atoms with E-state index in [0.717, 1.165) is 10.6 Å². The number of benzene rings is 1. The van der Waals surface area contributed by atoms with Crippen molar-refractivity contribution < 1.29 is 18.2 Å². The predicted molar refractivity (Wildman–Crippen MR) is 83.4 cm³/mol. The molecule has 0 aliphatic carbocycles. The first kappa shape index (κ1) is 17.9. The zero-order chi connectivity index (χ0) is 16.5. The Morgan fingerprint density at radius 2 is 1.52 bits per heavy atom. The summed E-state index contributed by atoms with van der Waals surface area (Å²) in [6.07, 6.45) is 0.0519. The lowest BCUT2D eigenvalue weighted by Gasteiger charge is -2.33. The van der Waals surface area contributed by atoms with Crippen LogP contribution in [0.2, 0.25) is 0 Å². The number of hydrogen-bond donors (Lipinski definition) is 1. The van der Waals surface area contributed by atoms with Gasteiger partial charge in [0.15, 0.2) is 0 Å². The second kappa shape index (κ2) is 5.94. The van der Waals surface area contributed by atoms with Crippen molar-refractivity contribution in [2.45, 2.75) is 52.0 Å². The van der Waals surface area contributed by atoms with Crippen LogP contribution in [0, 0.1) is 0 Å². The largest absolute Gasteiger partial charge is 0.286 e. The first-order chi connectivity index (χ1) is 9.33. The highest BCUT2D eigenvalue weighted by Crippen LogP contribution is 2.29. The molecule has 1 N–H and O–H groups in total. The van der Waals surface area contributed by atoms with Crippen molar-refractivity contribution in [3.63, 3.8) is 0 Å². The van der Waals surface area contributed by atoms with Crippen LogP contribution in [-0.2, 0) is 20.7 Å². The molecule has 6 heteroatoms. The van der Waals surface area contributed by atoms with Gasteiger partial charge >= 0.3 is 0 Å². The van der Waals surface area contributed by atoms with Crippen molar-refractivity contribution in [3.05, 3.63) is 29.8 Å². The van der Waals surface area contributed by atoms with Crippen LogP contribution in [0.25, 0.3) is 0 Å². The SMILES string of the molecule is CC(C)(C)c1ccc(N([O])C(C)(C)CCS(=O)(=O)O)cc1. The summed E-state index contributed by atoms with van der Waals surface area (Å²) in [5.41, 5.74) is 0.685. The summed E-state index contributed by atoms with van der Waals surface area (Å²) in [6.45, 7) is 9.58. The summed E-state index contributed by atoms with van der Waals surface area (Å²) in [5, 5.41) is 13.2. The fourth-order valence-electron chi connectivity index (χ4n) is 1.93. The zero-order valence-electron chi connectivity index (χ0n) is 13.3. The fourth-order valence-corrected chi connectivity index (χ4v) is 2.68. The highest BCUT2D eigenvalue weighted by molar-refractivity contribution is 7.85. The van der Waals surface area contributed by atoms with Crippen LogP contribution in [0.4, 0.5) is 5.69 Å². The van der Waals surface area contributed by atoms with E-state index < -0.39 is 21.4 Å². The van der Waals surface area contributed by atoms with Crippen LogP contribution >= 0.6 is 0 Å². The number of rotatable bonds is 5. The monoisotopic (exact) mass is 314 g/mol. The van der Waals surface area contributed by atoms with Crippen LogP contribution < -0.4 is 5.06 Å². The molecule has 5 nitrogen and oxygen atoms in total. The van der Waals surface area contributed by atoms with Gasteiger partial charge in [-0.05, 0) is 43.4 Å². The minimum Gasteiger partial charge on any atom is -0.286 e. The molecule has 1 rings (SSSR count). The van der Waals surface area contributed by atoms with Gasteiger partial charge in [-0.25, -0.2) is 5.06 Å². The Hall–Kier alpha value is -1.11. The van der Waals surface area contributed by atoms with Gasteiger partial charge < -0.3 is 0 Å². The summed E-state index contributed by atoms with van der Waals surface area (Å²) in [5.74, 6) is -0.432. The maximum atomic E-state index is 12.4. The molecular formula is C15H24NO4S. The molecule has 0 fully saturated rings. The summed E-state index contributed by atoms with van der Waals surface area (Å²) < 4.78 is 30.5. The van der Waals surface area contributed by atoms with E-state index in [1.807, 2.05) is 12.1 Å². The lowest BCUT2D eigenvalue weighted by Crippen LogP contribution is -2.42. The van der Waals surface area contributed by atoms with Crippen molar-refractivity contribution in [1.29, 1.82) is 0 Å². The third kappa shape index (κ3) is 5.30. The first-order valence-electron chi connectivity index (χ1n) is 6.86. The molecule has 0 saturated heterocycles. The van der Waals surface area contributed by atoms with Crippen LogP contribution in [0.5, 0.6) is 0 Å². The minimum absolute atomic E-state index is 0.00668. The topological polar surface area (TPSA) is 77.5 Å². The Bertz CT molecular complexity index is 571. The first-order valence-corrected chi connectivity index (χ1v) is 8.47. The Morgan fingerprint density at radius 3 is 1.90 bits per heavy atom. The van der Waals surface area contributed by atoms with E-state index >= 15 is 0 Å². The molecule has 0 unspecified atom stereocenters. The summed E-state index contributed by atoms with van der Waals surface area (Å²) in [7, 11) is -4.06. The molecule has 0 aliphatic rings. The van der Waals surface area contributed by atoms with Gasteiger partial charge in [-0.3, -0.25) is 4.55 Å². The van der Waals surface area contributed by atoms with Crippen molar-refractivity contribution in [2.75, 3.05) is 10.8 Å². The molecule has 1 aromatic carbocycles. The van der Waals surface area contributed by atoms with Gasteiger partial charge in [0.1, 0.15) is 0 Å². The molecule has 1 radical (unpaired) electrons. The Kier molecular flexibility index (Phi) is 5.08. The lowest BCUT2D eigenvalue weighted by molar-refractivity contribution is 0.0923. The number of nitrogens with zero attached hydrogens (tertiary/aromatic N) is 1. The Labute approximate surface area is 127 Å². The van der Waals surface area contributed by atoms with Crippen LogP contribution in [-0.4, -0.2) is 24.3 Å². The van der Waals surface area contributed by atoms with E-state index in [4.69, 9.17) is 4.55 Å². The van der Waals surface area contributed by atoms with Gasteiger partial charge in [0.05, 0.1) is 17.0 Å². The zero-order valence-corrected chi connectivity index (χ0v) is 14.1. The second-order valence-corrected chi connectivity index (χ2v) is 8.51. The Morgan fingerprint density at radius 1 is 1.05 bits per heavy atom. The van der Waals surface area contributed by atoms with Gasteiger partial charge in [-0.2, -0.15) is 8.42 Å². The van der Waals surface area contributed by atoms with Crippen molar-refractivity contribution in [1.82, 2.24) is 0 Å². The van der Waals surface area contributed by atoms with E-state index in [2.05, 4.69) is 20.8 Å². The number of anilines is 1. The maximum Gasteiger partial charge on any atom is 0.264 e. The van der Waals surface area contributed by atoms with Gasteiger partial charge in [0.2, 0.25) is 0 Å². The van der Waals surface area contributed by atoms with E-state index in [1.165, 1.54) is 0 Å². The lowest BCUT2D eigenvalue weighted by atomic mass is 9.87. The van der Waals surface area contributed by atoms with Crippen LogP contribution in [0.3, 0.4) is 0 Å². The van der Waals surface area contributed by atoms with E-state index in [9.17, 15) is 13.6 Å². The number of hydrogen-bond acceptors (Lipinski definition) is 3. The average molecular weight is 314 g/mol. The third-order valence-corrected chi connectivity index (χ3v) is 4.21. The molecule has 21 heavy (non-hydrogen) atoms. The van der Waals surface area contributed by atoms with Gasteiger partial charge in [0.25, 0.3) is 10.1 Å². The molecule has 0 bridgehead atoms. The fraction of sp³-hybridized carbons (Fsp3) is 0.600. The quantitative estimate of drug-likeness (QED) is 0.669. The predicted octanol–water partition coefficient (Wildman–Crippen LogP) is 3.19. The Balaban J connectivity index is 2.89. The molecule has 119 valence electrons. The molecule has 0 aliphatic heterocycles. The van der Waals surface area contributed by atoms with Gasteiger partial charge in [0, 0.05) is 0 Å². The number of hydroxylamine groups is 1. The molecule has 1 aromatic rings. The van der Waals surface area contributed by atoms with E-state index in [-0.39, 0.29) is 11.8 Å². The molecule has 0 saturated carbocycles. The second-order valence-electron chi connectivity index (χ2n) is 6.94. The summed E-state index contributed by atoms with van der Waals surface area (Å²) in [6, 6.07) is 7.28. The smallest absolute Gasteiger partial charge is 0.264 e. The van der Waals surface area contributed by atoms with Crippen molar-refractivity contribution in [2.24, 2.45) is 0 Å². The highest BCUT2D eigenvalue weighted by Gasteiger charge is 2.29. The van der Waals surface area contributed by atoms with Gasteiger partial charge in [-0.1, -0.05) is 38.1 Å². The summed E-state index contributed by atoms with van der Waals surface area (Å²) >= 11 is 0. The minimum atomic E-state index is -4.06. The molecule has 0 amide bonds. The molecule has 0 aromatic heterocycles. The van der Waals surface area contributed by atoms with Crippen LogP contribution in [0.15, 0.2) is 24.3 Å². The third-order valence-electron chi connectivity index (χ3n) is 3.49. The average Bonchev–Trinajstić information content (AvgIpc) is 2.34. The van der Waals surface area contributed by atoms with Crippen LogP contribution in [0.1, 0.15) is 46.6 Å².